The lowest BCUT2D eigenvalue weighted by atomic mass is 9.45. The van der Waals surface area contributed by atoms with Crippen LogP contribution < -0.4 is 0 Å². The number of ketones is 1. The highest BCUT2D eigenvalue weighted by molar-refractivity contribution is 5.84. The van der Waals surface area contributed by atoms with E-state index >= 15 is 0 Å². The maximum absolute atomic E-state index is 13.0. The highest BCUT2D eigenvalue weighted by atomic mass is 16.1. The minimum absolute atomic E-state index is 0.191. The summed E-state index contributed by atoms with van der Waals surface area (Å²) in [5.74, 6) is 3.26. The van der Waals surface area contributed by atoms with Crippen molar-refractivity contribution in [3.8, 4) is 0 Å². The molecule has 0 aromatic carbocycles. The zero-order valence-corrected chi connectivity index (χ0v) is 13.0. The molecule has 1 nitrogen and oxygen atoms in total. The SMILES string of the molecule is C[C@@]12C=CC[C@H]1[C@@H]1CCC3CCCC[C@]3(C)[C@H]1C(=O)C2. The Hall–Kier alpha value is -0.590. The van der Waals surface area contributed by atoms with Gasteiger partial charge in [0, 0.05) is 12.3 Å². The van der Waals surface area contributed by atoms with Gasteiger partial charge in [0.2, 0.25) is 0 Å². The first kappa shape index (κ1) is 13.1. The summed E-state index contributed by atoms with van der Waals surface area (Å²) < 4.78 is 0. The average Bonchev–Trinajstić information content (AvgIpc) is 2.78. The third kappa shape index (κ3) is 1.58. The van der Waals surface area contributed by atoms with Gasteiger partial charge in [-0.05, 0) is 60.7 Å². The summed E-state index contributed by atoms with van der Waals surface area (Å²) in [6, 6.07) is 0. The Morgan fingerprint density at radius 1 is 1.15 bits per heavy atom. The van der Waals surface area contributed by atoms with Gasteiger partial charge in [-0.2, -0.15) is 0 Å². The Balaban J connectivity index is 1.72. The van der Waals surface area contributed by atoms with Crippen molar-refractivity contribution in [1.82, 2.24) is 0 Å². The standard InChI is InChI=1S/C19H28O/c1-18-10-5-7-15(18)14-9-8-13-6-3-4-11-19(13,2)17(14)16(20)12-18/h5,10,13-15,17H,3-4,6-9,11-12H2,1-2H3/t13?,14-,15-,17+,18-,19-/m0/s1. The van der Waals surface area contributed by atoms with Gasteiger partial charge in [0.05, 0.1) is 0 Å². The van der Waals surface area contributed by atoms with Crippen molar-refractivity contribution in [1.29, 1.82) is 0 Å². The fourth-order valence-corrected chi connectivity index (χ4v) is 6.62. The number of hydrogen-bond acceptors (Lipinski definition) is 1. The molecule has 0 bridgehead atoms. The van der Waals surface area contributed by atoms with Gasteiger partial charge in [0.25, 0.3) is 0 Å². The van der Waals surface area contributed by atoms with Crippen LogP contribution >= 0.6 is 0 Å². The Labute approximate surface area is 123 Å². The van der Waals surface area contributed by atoms with E-state index < -0.39 is 0 Å². The summed E-state index contributed by atoms with van der Waals surface area (Å²) in [6.07, 6.45) is 14.9. The molecule has 1 heteroatoms. The van der Waals surface area contributed by atoms with Crippen molar-refractivity contribution in [3.05, 3.63) is 12.2 Å². The fraction of sp³-hybridized carbons (Fsp3) is 0.842. The van der Waals surface area contributed by atoms with Crippen molar-refractivity contribution >= 4 is 5.78 Å². The predicted octanol–water partition coefficient (Wildman–Crippen LogP) is 4.76. The molecular weight excluding hydrogens is 244 g/mol. The van der Waals surface area contributed by atoms with Crippen LogP contribution in [0.15, 0.2) is 12.2 Å². The first-order valence-corrected chi connectivity index (χ1v) is 8.75. The topological polar surface area (TPSA) is 17.1 Å². The molecular formula is C19H28O. The van der Waals surface area contributed by atoms with Crippen molar-refractivity contribution in [3.63, 3.8) is 0 Å². The number of rotatable bonds is 0. The monoisotopic (exact) mass is 272 g/mol. The van der Waals surface area contributed by atoms with E-state index in [1.807, 2.05) is 0 Å². The van der Waals surface area contributed by atoms with Gasteiger partial charge in [-0.3, -0.25) is 4.79 Å². The van der Waals surface area contributed by atoms with E-state index in [0.717, 1.165) is 18.3 Å². The maximum Gasteiger partial charge on any atom is 0.137 e. The summed E-state index contributed by atoms with van der Waals surface area (Å²) in [5.41, 5.74) is 0.526. The van der Waals surface area contributed by atoms with E-state index in [-0.39, 0.29) is 5.41 Å². The van der Waals surface area contributed by atoms with Crippen molar-refractivity contribution in [2.75, 3.05) is 0 Å². The maximum atomic E-state index is 13.0. The Kier molecular flexibility index (Phi) is 2.76. The van der Waals surface area contributed by atoms with Crippen molar-refractivity contribution in [2.24, 2.45) is 34.5 Å². The first-order valence-electron chi connectivity index (χ1n) is 8.75. The second-order valence-corrected chi connectivity index (χ2v) is 8.56. The third-order valence-electron chi connectivity index (χ3n) is 7.59. The molecule has 6 atom stereocenters. The Bertz CT molecular complexity index is 464. The molecule has 4 aliphatic rings. The van der Waals surface area contributed by atoms with Gasteiger partial charge >= 0.3 is 0 Å². The van der Waals surface area contributed by atoms with Crippen molar-refractivity contribution in [2.45, 2.75) is 65.2 Å². The molecule has 0 spiro atoms. The lowest BCUT2D eigenvalue weighted by Gasteiger charge is -2.58. The number of fused-ring (bicyclic) bond motifs is 5. The lowest BCUT2D eigenvalue weighted by Crippen LogP contribution is -2.55. The average molecular weight is 272 g/mol. The molecule has 110 valence electrons. The van der Waals surface area contributed by atoms with Crippen LogP contribution in [0.3, 0.4) is 0 Å². The molecule has 0 N–H and O–H groups in total. The van der Waals surface area contributed by atoms with E-state index in [1.54, 1.807) is 0 Å². The minimum atomic E-state index is 0.191. The van der Waals surface area contributed by atoms with E-state index in [1.165, 1.54) is 44.9 Å². The van der Waals surface area contributed by atoms with Crippen LogP contribution in [-0.2, 0) is 4.79 Å². The molecule has 0 radical (unpaired) electrons. The normalized spacial score (nSPS) is 54.2. The largest absolute Gasteiger partial charge is 0.299 e. The Morgan fingerprint density at radius 2 is 2.00 bits per heavy atom. The predicted molar refractivity (Wildman–Crippen MR) is 81.3 cm³/mol. The van der Waals surface area contributed by atoms with E-state index in [9.17, 15) is 4.79 Å². The summed E-state index contributed by atoms with van der Waals surface area (Å²) in [6.45, 7) is 4.81. The van der Waals surface area contributed by atoms with Crippen LogP contribution in [0.5, 0.6) is 0 Å². The van der Waals surface area contributed by atoms with Crippen LogP contribution in [0.25, 0.3) is 0 Å². The number of Topliss-reactive ketones (excluding diaryl/α,β-unsaturated/α-hetero) is 1. The van der Waals surface area contributed by atoms with Gasteiger partial charge in [0.15, 0.2) is 0 Å². The van der Waals surface area contributed by atoms with Gasteiger partial charge in [-0.15, -0.1) is 0 Å². The van der Waals surface area contributed by atoms with Crippen LogP contribution in [0.1, 0.15) is 65.2 Å². The van der Waals surface area contributed by atoms with Crippen LogP contribution in [0.2, 0.25) is 0 Å². The third-order valence-corrected chi connectivity index (χ3v) is 7.59. The molecule has 3 fully saturated rings. The molecule has 4 aliphatic carbocycles. The second-order valence-electron chi connectivity index (χ2n) is 8.56. The van der Waals surface area contributed by atoms with E-state index in [0.29, 0.717) is 23.0 Å². The molecule has 0 aliphatic heterocycles. The highest BCUT2D eigenvalue weighted by Crippen LogP contribution is 2.63. The number of carbonyl (C=O) groups excluding carboxylic acids is 1. The van der Waals surface area contributed by atoms with Crippen LogP contribution in [0, 0.1) is 34.5 Å². The Morgan fingerprint density at radius 3 is 2.85 bits per heavy atom. The molecule has 0 heterocycles. The van der Waals surface area contributed by atoms with E-state index in [4.69, 9.17) is 0 Å². The quantitative estimate of drug-likeness (QED) is 0.581. The molecule has 20 heavy (non-hydrogen) atoms. The first-order chi connectivity index (χ1) is 9.55. The molecule has 1 unspecified atom stereocenters. The van der Waals surface area contributed by atoms with Gasteiger partial charge < -0.3 is 0 Å². The fourth-order valence-electron chi connectivity index (χ4n) is 6.62. The zero-order valence-electron chi connectivity index (χ0n) is 13.0. The van der Waals surface area contributed by atoms with Gasteiger partial charge in [-0.1, -0.05) is 38.8 Å². The van der Waals surface area contributed by atoms with Gasteiger partial charge in [0.1, 0.15) is 5.78 Å². The lowest BCUT2D eigenvalue weighted by molar-refractivity contribution is -0.153. The van der Waals surface area contributed by atoms with Crippen LogP contribution in [0.4, 0.5) is 0 Å². The van der Waals surface area contributed by atoms with E-state index in [2.05, 4.69) is 26.0 Å². The molecule has 4 rings (SSSR count). The van der Waals surface area contributed by atoms with Crippen LogP contribution in [-0.4, -0.2) is 5.78 Å². The number of carbonyl (C=O) groups is 1. The number of allylic oxidation sites excluding steroid dienone is 2. The number of hydrogen-bond donors (Lipinski definition) is 0. The second kappa shape index (κ2) is 4.21. The molecule has 0 amide bonds. The summed E-state index contributed by atoms with van der Waals surface area (Å²) in [5, 5.41) is 0. The molecule has 0 saturated heterocycles. The zero-order chi connectivity index (χ0) is 14.0. The summed E-state index contributed by atoms with van der Waals surface area (Å²) in [4.78, 5) is 13.0. The summed E-state index contributed by atoms with van der Waals surface area (Å²) >= 11 is 0. The molecule has 0 aromatic heterocycles. The molecule has 3 saturated carbocycles. The smallest absolute Gasteiger partial charge is 0.137 e. The van der Waals surface area contributed by atoms with Crippen molar-refractivity contribution < 1.29 is 4.79 Å². The summed E-state index contributed by atoms with van der Waals surface area (Å²) in [7, 11) is 0. The van der Waals surface area contributed by atoms with Gasteiger partial charge in [-0.25, -0.2) is 0 Å². The molecule has 0 aromatic rings. The highest BCUT2D eigenvalue weighted by Gasteiger charge is 2.59. The minimum Gasteiger partial charge on any atom is -0.299 e.